The molecule has 2 amide bonds. The van der Waals surface area contributed by atoms with Gasteiger partial charge in [0.15, 0.2) is 11.5 Å². The van der Waals surface area contributed by atoms with Crippen LogP contribution in [0.2, 0.25) is 0 Å². The summed E-state index contributed by atoms with van der Waals surface area (Å²) in [4.78, 5) is 49.5. The Kier molecular flexibility index (Phi) is 7.73. The Morgan fingerprint density at radius 3 is 2.39 bits per heavy atom. The summed E-state index contributed by atoms with van der Waals surface area (Å²) in [5.74, 6) is -0.753. The molecule has 33 heavy (non-hydrogen) atoms. The Bertz CT molecular complexity index is 1110. The number of hydrogen-bond donors (Lipinski definition) is 0. The smallest absolute Gasteiger partial charge is 0.343 e. The van der Waals surface area contributed by atoms with E-state index in [2.05, 4.69) is 4.74 Å². The molecule has 0 atom stereocenters. The molecular formula is C23H21NO8S. The van der Waals surface area contributed by atoms with Gasteiger partial charge in [-0.05, 0) is 66.7 Å². The molecule has 1 aliphatic heterocycles. The molecule has 10 heteroatoms. The van der Waals surface area contributed by atoms with Gasteiger partial charge in [0.25, 0.3) is 11.1 Å². The monoisotopic (exact) mass is 471 g/mol. The summed E-state index contributed by atoms with van der Waals surface area (Å²) in [6.45, 7) is 1.63. The molecule has 1 aliphatic rings. The molecule has 0 aromatic heterocycles. The fourth-order valence-corrected chi connectivity index (χ4v) is 3.67. The van der Waals surface area contributed by atoms with Crippen LogP contribution < -0.4 is 14.2 Å². The maximum absolute atomic E-state index is 12.5. The Morgan fingerprint density at radius 1 is 1.03 bits per heavy atom. The van der Waals surface area contributed by atoms with E-state index < -0.39 is 29.6 Å². The third-order valence-corrected chi connectivity index (χ3v) is 5.39. The lowest BCUT2D eigenvalue weighted by atomic mass is 10.1. The van der Waals surface area contributed by atoms with E-state index in [4.69, 9.17) is 14.2 Å². The summed E-state index contributed by atoms with van der Waals surface area (Å²) < 4.78 is 20.7. The van der Waals surface area contributed by atoms with Gasteiger partial charge in [-0.3, -0.25) is 19.3 Å². The molecule has 0 bridgehead atoms. The second-order valence-corrected chi connectivity index (χ2v) is 7.59. The van der Waals surface area contributed by atoms with Gasteiger partial charge in [0.2, 0.25) is 0 Å². The minimum absolute atomic E-state index is 0.148. The molecular weight excluding hydrogens is 450 g/mol. The van der Waals surface area contributed by atoms with E-state index in [1.807, 2.05) is 0 Å². The quantitative estimate of drug-likeness (QED) is 0.324. The number of methoxy groups -OCH3 is 2. The Labute approximate surface area is 194 Å². The van der Waals surface area contributed by atoms with Gasteiger partial charge in [-0.25, -0.2) is 4.79 Å². The first-order chi connectivity index (χ1) is 15.9. The number of benzene rings is 2. The first-order valence-corrected chi connectivity index (χ1v) is 10.6. The van der Waals surface area contributed by atoms with Gasteiger partial charge < -0.3 is 18.9 Å². The van der Waals surface area contributed by atoms with Crippen LogP contribution in [-0.2, 0) is 14.3 Å². The normalized spacial score (nSPS) is 14.4. The molecule has 0 N–H and O–H groups in total. The van der Waals surface area contributed by atoms with Crippen molar-refractivity contribution in [2.24, 2.45) is 0 Å². The topological polar surface area (TPSA) is 108 Å². The molecule has 0 unspecified atom stereocenters. The average Bonchev–Trinajstić information content (AvgIpc) is 3.08. The SMILES string of the molecule is CCOc1cc(/C=C2\SC(=O)N(CC(=O)OC)C2=O)ccc1OC(=O)c1ccc(OC)cc1. The number of imide groups is 1. The number of esters is 2. The molecule has 1 fully saturated rings. The first kappa shape index (κ1) is 23.9. The average molecular weight is 471 g/mol. The summed E-state index contributed by atoms with van der Waals surface area (Å²) >= 11 is 0.718. The van der Waals surface area contributed by atoms with Crippen LogP contribution in [0.5, 0.6) is 17.2 Å². The number of ether oxygens (including phenoxy) is 4. The third kappa shape index (κ3) is 5.72. The van der Waals surface area contributed by atoms with Crippen LogP contribution in [0.4, 0.5) is 4.79 Å². The van der Waals surface area contributed by atoms with E-state index >= 15 is 0 Å². The van der Waals surface area contributed by atoms with Crippen LogP contribution in [-0.4, -0.2) is 55.4 Å². The Balaban J connectivity index is 1.80. The van der Waals surface area contributed by atoms with Gasteiger partial charge in [-0.1, -0.05) is 6.07 Å². The Hall–Kier alpha value is -3.79. The lowest BCUT2D eigenvalue weighted by molar-refractivity contribution is -0.143. The van der Waals surface area contributed by atoms with Crippen molar-refractivity contribution in [3.63, 3.8) is 0 Å². The fourth-order valence-electron chi connectivity index (χ4n) is 2.83. The van der Waals surface area contributed by atoms with Crippen LogP contribution in [0, 0.1) is 0 Å². The van der Waals surface area contributed by atoms with Gasteiger partial charge in [-0.15, -0.1) is 0 Å². The zero-order chi connectivity index (χ0) is 24.0. The second-order valence-electron chi connectivity index (χ2n) is 6.60. The van der Waals surface area contributed by atoms with E-state index in [0.29, 0.717) is 29.2 Å². The van der Waals surface area contributed by atoms with Crippen molar-refractivity contribution in [1.82, 2.24) is 4.90 Å². The maximum atomic E-state index is 12.5. The minimum Gasteiger partial charge on any atom is -0.497 e. The highest BCUT2D eigenvalue weighted by molar-refractivity contribution is 8.18. The summed E-state index contributed by atoms with van der Waals surface area (Å²) in [6, 6.07) is 11.2. The standard InChI is InChI=1S/C23H21NO8S/c1-4-31-18-11-14(12-19-21(26)24(23(28)33-19)13-20(25)30-3)5-10-17(18)32-22(27)15-6-8-16(29-2)9-7-15/h5-12H,4,13H2,1-3H3/b19-12-. The predicted octanol–water partition coefficient (Wildman–Crippen LogP) is 3.52. The van der Waals surface area contributed by atoms with Gasteiger partial charge >= 0.3 is 11.9 Å². The van der Waals surface area contributed by atoms with Gasteiger partial charge in [-0.2, -0.15) is 0 Å². The second kappa shape index (κ2) is 10.7. The van der Waals surface area contributed by atoms with Crippen molar-refractivity contribution >= 4 is 40.9 Å². The molecule has 0 spiro atoms. The number of hydrogen-bond acceptors (Lipinski definition) is 9. The number of amides is 2. The summed E-state index contributed by atoms with van der Waals surface area (Å²) in [7, 11) is 2.71. The van der Waals surface area contributed by atoms with Crippen LogP contribution in [0.1, 0.15) is 22.8 Å². The van der Waals surface area contributed by atoms with E-state index in [0.717, 1.165) is 16.7 Å². The van der Waals surface area contributed by atoms with Crippen LogP contribution >= 0.6 is 11.8 Å². The van der Waals surface area contributed by atoms with E-state index in [-0.39, 0.29) is 10.7 Å². The molecule has 0 saturated carbocycles. The van der Waals surface area contributed by atoms with Crippen molar-refractivity contribution in [1.29, 1.82) is 0 Å². The summed E-state index contributed by atoms with van der Waals surface area (Å²) in [5.41, 5.74) is 0.882. The van der Waals surface area contributed by atoms with Crippen LogP contribution in [0.25, 0.3) is 6.08 Å². The largest absolute Gasteiger partial charge is 0.497 e. The minimum atomic E-state index is -0.694. The molecule has 2 aromatic rings. The van der Waals surface area contributed by atoms with E-state index in [9.17, 15) is 19.2 Å². The molecule has 9 nitrogen and oxygen atoms in total. The zero-order valence-corrected chi connectivity index (χ0v) is 19.0. The number of carbonyl (C=O) groups excluding carboxylic acids is 4. The molecule has 1 saturated heterocycles. The Morgan fingerprint density at radius 2 is 1.76 bits per heavy atom. The third-order valence-electron chi connectivity index (χ3n) is 4.48. The number of carbonyl (C=O) groups is 4. The van der Waals surface area contributed by atoms with Crippen LogP contribution in [0.15, 0.2) is 47.4 Å². The van der Waals surface area contributed by atoms with Crippen molar-refractivity contribution in [2.45, 2.75) is 6.92 Å². The lowest BCUT2D eigenvalue weighted by Crippen LogP contribution is -2.34. The highest BCUT2D eigenvalue weighted by atomic mass is 32.2. The number of thioether (sulfide) groups is 1. The highest BCUT2D eigenvalue weighted by Crippen LogP contribution is 2.35. The number of rotatable bonds is 8. The molecule has 0 radical (unpaired) electrons. The van der Waals surface area contributed by atoms with Gasteiger partial charge in [0, 0.05) is 0 Å². The molecule has 1 heterocycles. The summed E-state index contributed by atoms with van der Waals surface area (Å²) in [5, 5.41) is -0.563. The van der Waals surface area contributed by atoms with Crippen molar-refractivity contribution in [2.75, 3.05) is 27.4 Å². The van der Waals surface area contributed by atoms with Gasteiger partial charge in [0.05, 0.1) is 31.3 Å². The zero-order valence-electron chi connectivity index (χ0n) is 18.2. The first-order valence-electron chi connectivity index (χ1n) is 9.81. The maximum Gasteiger partial charge on any atom is 0.343 e. The fraction of sp³-hybridized carbons (Fsp3) is 0.217. The summed E-state index contributed by atoms with van der Waals surface area (Å²) in [6.07, 6.45) is 1.50. The predicted molar refractivity (Wildman–Crippen MR) is 120 cm³/mol. The van der Waals surface area contributed by atoms with Crippen molar-refractivity contribution in [3.8, 4) is 17.2 Å². The van der Waals surface area contributed by atoms with Crippen LogP contribution in [0.3, 0.4) is 0 Å². The van der Waals surface area contributed by atoms with Gasteiger partial charge in [0.1, 0.15) is 12.3 Å². The molecule has 0 aliphatic carbocycles. The van der Waals surface area contributed by atoms with E-state index in [1.165, 1.54) is 26.4 Å². The number of nitrogens with zero attached hydrogens (tertiary/aromatic N) is 1. The highest BCUT2D eigenvalue weighted by Gasteiger charge is 2.36. The molecule has 3 rings (SSSR count). The molecule has 172 valence electrons. The van der Waals surface area contributed by atoms with Crippen molar-refractivity contribution < 1.29 is 38.1 Å². The van der Waals surface area contributed by atoms with E-state index in [1.54, 1.807) is 43.3 Å². The molecule has 2 aromatic carbocycles. The van der Waals surface area contributed by atoms with Crippen molar-refractivity contribution in [3.05, 3.63) is 58.5 Å². The lowest BCUT2D eigenvalue weighted by Gasteiger charge is -2.12.